The third kappa shape index (κ3) is 2.64. The van der Waals surface area contributed by atoms with Gasteiger partial charge in [-0.3, -0.25) is 4.79 Å². The number of hydrogen-bond acceptors (Lipinski definition) is 3. The first-order valence-corrected chi connectivity index (χ1v) is 6.30. The molecule has 98 valence electrons. The van der Waals surface area contributed by atoms with Gasteiger partial charge in [0.25, 0.3) is 0 Å². The number of benzene rings is 1. The van der Waals surface area contributed by atoms with Crippen LogP contribution in [0.5, 0.6) is 5.75 Å². The Hall–Kier alpha value is -1.55. The number of amides is 1. The largest absolute Gasteiger partial charge is 0.497 e. The quantitative estimate of drug-likeness (QED) is 0.878. The SMILES string of the molecule is COc1ccc(C2CCN(C(=O)[C@@H](C)N)C2)cc1. The van der Waals surface area contributed by atoms with Gasteiger partial charge in [0.05, 0.1) is 13.2 Å². The molecule has 1 fully saturated rings. The zero-order valence-corrected chi connectivity index (χ0v) is 10.9. The summed E-state index contributed by atoms with van der Waals surface area (Å²) in [6.07, 6.45) is 1.00. The topological polar surface area (TPSA) is 55.6 Å². The van der Waals surface area contributed by atoms with E-state index in [1.807, 2.05) is 17.0 Å². The lowest BCUT2D eigenvalue weighted by Crippen LogP contribution is -2.40. The van der Waals surface area contributed by atoms with Crippen molar-refractivity contribution in [3.63, 3.8) is 0 Å². The summed E-state index contributed by atoms with van der Waals surface area (Å²) in [7, 11) is 1.66. The summed E-state index contributed by atoms with van der Waals surface area (Å²) in [4.78, 5) is 13.7. The molecule has 1 unspecified atom stereocenters. The van der Waals surface area contributed by atoms with E-state index in [4.69, 9.17) is 10.5 Å². The number of nitrogens with zero attached hydrogens (tertiary/aromatic N) is 1. The van der Waals surface area contributed by atoms with Gasteiger partial charge in [0.15, 0.2) is 0 Å². The number of ether oxygens (including phenoxy) is 1. The summed E-state index contributed by atoms with van der Waals surface area (Å²) < 4.78 is 5.14. The van der Waals surface area contributed by atoms with Crippen LogP contribution >= 0.6 is 0 Å². The summed E-state index contributed by atoms with van der Waals surface area (Å²) in [6.45, 7) is 3.31. The maximum absolute atomic E-state index is 11.8. The van der Waals surface area contributed by atoms with Gasteiger partial charge in [0.2, 0.25) is 5.91 Å². The third-order valence-electron chi connectivity index (χ3n) is 3.48. The molecule has 0 bridgehead atoms. The minimum Gasteiger partial charge on any atom is -0.497 e. The van der Waals surface area contributed by atoms with Gasteiger partial charge in [-0.15, -0.1) is 0 Å². The van der Waals surface area contributed by atoms with E-state index >= 15 is 0 Å². The molecular weight excluding hydrogens is 228 g/mol. The second-order valence-corrected chi connectivity index (χ2v) is 4.83. The molecule has 2 atom stereocenters. The number of nitrogens with two attached hydrogens (primary N) is 1. The van der Waals surface area contributed by atoms with Crippen LogP contribution in [0.2, 0.25) is 0 Å². The number of carbonyl (C=O) groups is 1. The molecule has 1 aliphatic rings. The van der Waals surface area contributed by atoms with Crippen LogP contribution in [0.15, 0.2) is 24.3 Å². The summed E-state index contributed by atoms with van der Waals surface area (Å²) >= 11 is 0. The van der Waals surface area contributed by atoms with Crippen molar-refractivity contribution in [2.24, 2.45) is 5.73 Å². The molecule has 1 aromatic rings. The first kappa shape index (κ1) is 12.9. The molecule has 2 N–H and O–H groups in total. The van der Waals surface area contributed by atoms with Gasteiger partial charge < -0.3 is 15.4 Å². The highest BCUT2D eigenvalue weighted by Gasteiger charge is 2.28. The van der Waals surface area contributed by atoms with E-state index in [2.05, 4.69) is 12.1 Å². The van der Waals surface area contributed by atoms with Crippen molar-refractivity contribution in [3.05, 3.63) is 29.8 Å². The monoisotopic (exact) mass is 248 g/mol. The fraction of sp³-hybridized carbons (Fsp3) is 0.500. The van der Waals surface area contributed by atoms with Crippen molar-refractivity contribution < 1.29 is 9.53 Å². The van der Waals surface area contributed by atoms with Gasteiger partial charge in [-0.05, 0) is 31.0 Å². The standard InChI is InChI=1S/C14H20N2O2/c1-10(15)14(17)16-8-7-12(9-16)11-3-5-13(18-2)6-4-11/h3-6,10,12H,7-9,15H2,1-2H3/t10-,12?/m1/s1. The molecule has 2 rings (SSSR count). The molecule has 1 heterocycles. The second kappa shape index (κ2) is 5.40. The zero-order chi connectivity index (χ0) is 13.1. The Kier molecular flexibility index (Phi) is 3.87. The highest BCUT2D eigenvalue weighted by molar-refractivity contribution is 5.81. The molecule has 1 saturated heterocycles. The molecule has 1 amide bonds. The first-order valence-electron chi connectivity index (χ1n) is 6.30. The second-order valence-electron chi connectivity index (χ2n) is 4.83. The van der Waals surface area contributed by atoms with Crippen molar-refractivity contribution in [1.82, 2.24) is 4.90 Å². The van der Waals surface area contributed by atoms with Crippen LogP contribution in [0.3, 0.4) is 0 Å². The first-order chi connectivity index (χ1) is 8.61. The van der Waals surface area contributed by atoms with Crippen molar-refractivity contribution in [2.45, 2.75) is 25.3 Å². The average molecular weight is 248 g/mol. The lowest BCUT2D eigenvalue weighted by atomic mass is 9.98. The normalized spacial score (nSPS) is 20.8. The van der Waals surface area contributed by atoms with E-state index in [0.717, 1.165) is 25.3 Å². The van der Waals surface area contributed by atoms with Crippen molar-refractivity contribution in [2.75, 3.05) is 20.2 Å². The van der Waals surface area contributed by atoms with Crippen LogP contribution in [0.1, 0.15) is 24.8 Å². The molecule has 0 radical (unpaired) electrons. The Morgan fingerprint density at radius 2 is 2.11 bits per heavy atom. The van der Waals surface area contributed by atoms with Gasteiger partial charge in [-0.25, -0.2) is 0 Å². The van der Waals surface area contributed by atoms with Gasteiger partial charge >= 0.3 is 0 Å². The summed E-state index contributed by atoms with van der Waals surface area (Å²) in [6, 6.07) is 7.67. The Bertz CT molecular complexity index is 414. The Balaban J connectivity index is 2.01. The van der Waals surface area contributed by atoms with Crippen LogP contribution in [0.4, 0.5) is 0 Å². The van der Waals surface area contributed by atoms with Crippen molar-refractivity contribution >= 4 is 5.91 Å². The lowest BCUT2D eigenvalue weighted by Gasteiger charge is -2.18. The predicted octanol–water partition coefficient (Wildman–Crippen LogP) is 1.36. The van der Waals surface area contributed by atoms with Crippen molar-refractivity contribution in [3.8, 4) is 5.75 Å². The van der Waals surface area contributed by atoms with Crippen LogP contribution in [0, 0.1) is 0 Å². The Labute approximate surface area is 108 Å². The maximum atomic E-state index is 11.8. The highest BCUT2D eigenvalue weighted by atomic mass is 16.5. The minimum absolute atomic E-state index is 0.0472. The zero-order valence-electron chi connectivity index (χ0n) is 10.9. The molecule has 0 spiro atoms. The van der Waals surface area contributed by atoms with E-state index in [0.29, 0.717) is 5.92 Å². The van der Waals surface area contributed by atoms with E-state index in [-0.39, 0.29) is 5.91 Å². The summed E-state index contributed by atoms with van der Waals surface area (Å²) in [5, 5.41) is 0. The van der Waals surface area contributed by atoms with Gasteiger partial charge in [-0.1, -0.05) is 12.1 Å². The average Bonchev–Trinajstić information content (AvgIpc) is 2.87. The van der Waals surface area contributed by atoms with E-state index in [1.54, 1.807) is 14.0 Å². The van der Waals surface area contributed by atoms with Gasteiger partial charge in [0.1, 0.15) is 5.75 Å². The molecule has 4 heteroatoms. The number of rotatable bonds is 3. The molecule has 4 nitrogen and oxygen atoms in total. The van der Waals surface area contributed by atoms with Crippen LogP contribution in [-0.4, -0.2) is 37.0 Å². The van der Waals surface area contributed by atoms with E-state index < -0.39 is 6.04 Å². The summed E-state index contributed by atoms with van der Waals surface area (Å²) in [5.74, 6) is 1.32. The van der Waals surface area contributed by atoms with Gasteiger partial charge in [-0.2, -0.15) is 0 Å². The molecule has 18 heavy (non-hydrogen) atoms. The highest BCUT2D eigenvalue weighted by Crippen LogP contribution is 2.28. The third-order valence-corrected chi connectivity index (χ3v) is 3.48. The number of carbonyl (C=O) groups excluding carboxylic acids is 1. The number of methoxy groups -OCH3 is 1. The fourth-order valence-corrected chi connectivity index (χ4v) is 2.40. The van der Waals surface area contributed by atoms with Crippen LogP contribution in [0.25, 0.3) is 0 Å². The van der Waals surface area contributed by atoms with Crippen molar-refractivity contribution in [1.29, 1.82) is 0 Å². The Morgan fingerprint density at radius 1 is 1.44 bits per heavy atom. The van der Waals surface area contributed by atoms with E-state index in [1.165, 1.54) is 5.56 Å². The molecular formula is C14H20N2O2. The molecule has 0 saturated carbocycles. The van der Waals surface area contributed by atoms with Crippen LogP contribution in [-0.2, 0) is 4.79 Å². The molecule has 1 aliphatic heterocycles. The molecule has 1 aromatic carbocycles. The molecule has 0 aromatic heterocycles. The molecule has 0 aliphatic carbocycles. The van der Waals surface area contributed by atoms with Gasteiger partial charge in [0, 0.05) is 19.0 Å². The fourth-order valence-electron chi connectivity index (χ4n) is 2.40. The number of hydrogen-bond donors (Lipinski definition) is 1. The summed E-state index contributed by atoms with van der Waals surface area (Å²) in [5.41, 5.74) is 6.89. The number of likely N-dealkylation sites (tertiary alicyclic amines) is 1. The maximum Gasteiger partial charge on any atom is 0.239 e. The smallest absolute Gasteiger partial charge is 0.239 e. The predicted molar refractivity (Wildman–Crippen MR) is 70.6 cm³/mol. The minimum atomic E-state index is -0.403. The Morgan fingerprint density at radius 3 is 2.67 bits per heavy atom. The van der Waals surface area contributed by atoms with Crippen LogP contribution < -0.4 is 10.5 Å². The lowest BCUT2D eigenvalue weighted by molar-refractivity contribution is -0.131. The van der Waals surface area contributed by atoms with E-state index in [9.17, 15) is 4.79 Å².